The SMILES string of the molecule is CN1CCN(C(=O)CN2CCNC(C)(C)C2=O)CC1. The van der Waals surface area contributed by atoms with E-state index in [1.807, 2.05) is 18.7 Å². The average molecular weight is 268 g/mol. The van der Waals surface area contributed by atoms with Crippen LogP contribution < -0.4 is 5.32 Å². The maximum absolute atomic E-state index is 12.2. The summed E-state index contributed by atoms with van der Waals surface area (Å²) >= 11 is 0. The molecule has 2 fully saturated rings. The number of piperazine rings is 2. The van der Waals surface area contributed by atoms with Crippen LogP contribution in [0.1, 0.15) is 13.8 Å². The first-order valence-corrected chi connectivity index (χ1v) is 6.91. The predicted octanol–water partition coefficient (Wildman–Crippen LogP) is -1.03. The second-order valence-electron chi connectivity index (χ2n) is 5.96. The van der Waals surface area contributed by atoms with Crippen LogP contribution in [0.5, 0.6) is 0 Å². The van der Waals surface area contributed by atoms with Gasteiger partial charge >= 0.3 is 0 Å². The fourth-order valence-corrected chi connectivity index (χ4v) is 2.55. The standard InChI is InChI=1S/C13H24N4O2/c1-13(2)12(19)17(5-4-14-13)10-11(18)16-8-6-15(3)7-9-16/h14H,4-10H2,1-3H3. The third-order valence-corrected chi connectivity index (χ3v) is 3.95. The normalized spacial score (nSPS) is 24.7. The Balaban J connectivity index is 1.90. The summed E-state index contributed by atoms with van der Waals surface area (Å²) in [5.74, 6) is 0.0837. The van der Waals surface area contributed by atoms with E-state index >= 15 is 0 Å². The largest absolute Gasteiger partial charge is 0.339 e. The van der Waals surface area contributed by atoms with E-state index in [0.717, 1.165) is 32.7 Å². The van der Waals surface area contributed by atoms with E-state index in [0.29, 0.717) is 6.54 Å². The van der Waals surface area contributed by atoms with Gasteiger partial charge in [-0.15, -0.1) is 0 Å². The zero-order valence-electron chi connectivity index (χ0n) is 12.1. The van der Waals surface area contributed by atoms with Gasteiger partial charge in [-0.05, 0) is 20.9 Å². The zero-order chi connectivity index (χ0) is 14.0. The molecule has 0 aromatic heterocycles. The van der Waals surface area contributed by atoms with E-state index in [9.17, 15) is 9.59 Å². The first-order valence-electron chi connectivity index (χ1n) is 6.91. The summed E-state index contributed by atoms with van der Waals surface area (Å²) in [7, 11) is 2.06. The molecule has 0 aliphatic carbocycles. The molecule has 0 spiro atoms. The van der Waals surface area contributed by atoms with Gasteiger partial charge in [0.05, 0.1) is 12.1 Å². The second kappa shape index (κ2) is 5.46. The molecular formula is C13H24N4O2. The smallest absolute Gasteiger partial charge is 0.242 e. The van der Waals surface area contributed by atoms with Gasteiger partial charge in [-0.2, -0.15) is 0 Å². The summed E-state index contributed by atoms with van der Waals surface area (Å²) in [5, 5.41) is 3.17. The Labute approximate surface area is 114 Å². The van der Waals surface area contributed by atoms with Gasteiger partial charge in [0.25, 0.3) is 0 Å². The molecular weight excluding hydrogens is 244 g/mol. The van der Waals surface area contributed by atoms with Crippen molar-refractivity contribution >= 4 is 11.8 Å². The fourth-order valence-electron chi connectivity index (χ4n) is 2.55. The first-order chi connectivity index (χ1) is 8.90. The lowest BCUT2D eigenvalue weighted by molar-refractivity contribution is -0.146. The molecule has 6 heteroatoms. The summed E-state index contributed by atoms with van der Waals surface area (Å²) in [4.78, 5) is 30.2. The topological polar surface area (TPSA) is 55.9 Å². The minimum atomic E-state index is -0.555. The number of likely N-dealkylation sites (N-methyl/N-ethyl adjacent to an activating group) is 1. The Morgan fingerprint density at radius 3 is 2.47 bits per heavy atom. The van der Waals surface area contributed by atoms with Gasteiger partial charge in [0.2, 0.25) is 11.8 Å². The molecule has 2 saturated heterocycles. The van der Waals surface area contributed by atoms with Crippen LogP contribution in [0, 0.1) is 0 Å². The molecule has 0 unspecified atom stereocenters. The number of nitrogens with zero attached hydrogens (tertiary/aromatic N) is 3. The molecule has 0 saturated carbocycles. The summed E-state index contributed by atoms with van der Waals surface area (Å²) in [6.07, 6.45) is 0. The predicted molar refractivity (Wildman–Crippen MR) is 72.7 cm³/mol. The van der Waals surface area contributed by atoms with Gasteiger partial charge in [-0.3, -0.25) is 9.59 Å². The average Bonchev–Trinajstić information content (AvgIpc) is 2.35. The quantitative estimate of drug-likeness (QED) is 0.696. The minimum Gasteiger partial charge on any atom is -0.339 e. The van der Waals surface area contributed by atoms with Crippen LogP contribution in [0.4, 0.5) is 0 Å². The molecule has 2 heterocycles. The van der Waals surface area contributed by atoms with Crippen LogP contribution in [0.15, 0.2) is 0 Å². The minimum absolute atomic E-state index is 0.0150. The van der Waals surface area contributed by atoms with Crippen molar-refractivity contribution in [3.05, 3.63) is 0 Å². The van der Waals surface area contributed by atoms with Crippen molar-refractivity contribution < 1.29 is 9.59 Å². The van der Waals surface area contributed by atoms with Crippen LogP contribution in [-0.2, 0) is 9.59 Å². The van der Waals surface area contributed by atoms with Crippen molar-refractivity contribution in [1.29, 1.82) is 0 Å². The van der Waals surface area contributed by atoms with E-state index in [1.165, 1.54) is 0 Å². The molecule has 2 rings (SSSR count). The fraction of sp³-hybridized carbons (Fsp3) is 0.846. The van der Waals surface area contributed by atoms with Crippen molar-refractivity contribution in [3.63, 3.8) is 0 Å². The third-order valence-electron chi connectivity index (χ3n) is 3.95. The van der Waals surface area contributed by atoms with Crippen LogP contribution in [0.3, 0.4) is 0 Å². The molecule has 0 atom stereocenters. The highest BCUT2D eigenvalue weighted by Crippen LogP contribution is 2.12. The van der Waals surface area contributed by atoms with Crippen molar-refractivity contribution in [3.8, 4) is 0 Å². The number of hydrogen-bond acceptors (Lipinski definition) is 4. The van der Waals surface area contributed by atoms with Crippen LogP contribution in [-0.4, -0.2) is 84.9 Å². The number of nitrogens with one attached hydrogen (secondary N) is 1. The molecule has 0 bridgehead atoms. The van der Waals surface area contributed by atoms with Crippen LogP contribution in [0.2, 0.25) is 0 Å². The Hall–Kier alpha value is -1.14. The van der Waals surface area contributed by atoms with Crippen LogP contribution in [0.25, 0.3) is 0 Å². The third kappa shape index (κ3) is 3.25. The van der Waals surface area contributed by atoms with Gasteiger partial charge in [-0.1, -0.05) is 0 Å². The Bertz CT molecular complexity index is 362. The summed E-state index contributed by atoms with van der Waals surface area (Å²) in [5.41, 5.74) is -0.555. The zero-order valence-corrected chi connectivity index (χ0v) is 12.1. The maximum Gasteiger partial charge on any atom is 0.242 e. The Kier molecular flexibility index (Phi) is 4.10. The molecule has 108 valence electrons. The van der Waals surface area contributed by atoms with Gasteiger partial charge in [0.1, 0.15) is 0 Å². The number of carbonyl (C=O) groups is 2. The molecule has 19 heavy (non-hydrogen) atoms. The highest BCUT2D eigenvalue weighted by atomic mass is 16.2. The number of amides is 2. The second-order valence-corrected chi connectivity index (χ2v) is 5.96. The highest BCUT2D eigenvalue weighted by molar-refractivity contribution is 5.90. The van der Waals surface area contributed by atoms with E-state index < -0.39 is 5.54 Å². The number of rotatable bonds is 2. The van der Waals surface area contributed by atoms with Crippen molar-refractivity contribution in [1.82, 2.24) is 20.0 Å². The lowest BCUT2D eigenvalue weighted by Gasteiger charge is -2.39. The lowest BCUT2D eigenvalue weighted by atomic mass is 10.0. The van der Waals surface area contributed by atoms with Gasteiger partial charge < -0.3 is 20.0 Å². The Morgan fingerprint density at radius 2 is 1.84 bits per heavy atom. The highest BCUT2D eigenvalue weighted by Gasteiger charge is 2.36. The van der Waals surface area contributed by atoms with Crippen molar-refractivity contribution in [2.45, 2.75) is 19.4 Å². The van der Waals surface area contributed by atoms with Crippen LogP contribution >= 0.6 is 0 Å². The van der Waals surface area contributed by atoms with Gasteiger partial charge in [0.15, 0.2) is 0 Å². The van der Waals surface area contributed by atoms with E-state index in [4.69, 9.17) is 0 Å². The summed E-state index contributed by atoms with van der Waals surface area (Å²) < 4.78 is 0. The van der Waals surface area contributed by atoms with Crippen molar-refractivity contribution in [2.75, 3.05) is 52.9 Å². The number of hydrogen-bond donors (Lipinski definition) is 1. The monoisotopic (exact) mass is 268 g/mol. The first kappa shape index (κ1) is 14.3. The summed E-state index contributed by atoms with van der Waals surface area (Å²) in [6.45, 7) is 8.64. The Morgan fingerprint density at radius 1 is 1.21 bits per heavy atom. The molecule has 6 nitrogen and oxygen atoms in total. The van der Waals surface area contributed by atoms with Crippen molar-refractivity contribution in [2.24, 2.45) is 0 Å². The molecule has 2 amide bonds. The lowest BCUT2D eigenvalue weighted by Crippen LogP contribution is -2.63. The van der Waals surface area contributed by atoms with Gasteiger partial charge in [0, 0.05) is 39.3 Å². The molecule has 0 aromatic rings. The maximum atomic E-state index is 12.2. The molecule has 1 N–H and O–H groups in total. The van der Waals surface area contributed by atoms with Gasteiger partial charge in [-0.25, -0.2) is 0 Å². The van der Waals surface area contributed by atoms with E-state index in [2.05, 4.69) is 17.3 Å². The van der Waals surface area contributed by atoms with E-state index in [-0.39, 0.29) is 18.4 Å². The molecule has 2 aliphatic rings. The number of carbonyl (C=O) groups excluding carboxylic acids is 2. The van der Waals surface area contributed by atoms with E-state index in [1.54, 1.807) is 4.90 Å². The summed E-state index contributed by atoms with van der Waals surface area (Å²) in [6, 6.07) is 0. The molecule has 2 aliphatic heterocycles. The molecule has 0 radical (unpaired) electrons. The molecule has 0 aromatic carbocycles.